The monoisotopic (exact) mass is 399 g/mol. The number of morpholine rings is 1. The Morgan fingerprint density at radius 2 is 1.79 bits per heavy atom. The predicted molar refractivity (Wildman–Crippen MR) is 103 cm³/mol. The average Bonchev–Trinajstić information content (AvgIpc) is 2.77. The van der Waals surface area contributed by atoms with Crippen LogP contribution in [0.3, 0.4) is 0 Å². The van der Waals surface area contributed by atoms with Crippen molar-refractivity contribution in [1.82, 2.24) is 4.90 Å². The van der Waals surface area contributed by atoms with E-state index in [9.17, 15) is 14.0 Å². The van der Waals surface area contributed by atoms with Crippen molar-refractivity contribution in [2.45, 2.75) is 18.9 Å². The number of ether oxygens (including phenoxy) is 3. The summed E-state index contributed by atoms with van der Waals surface area (Å²) in [5.41, 5.74) is 0.936. The minimum Gasteiger partial charge on any atom is -0.486 e. The van der Waals surface area contributed by atoms with Crippen LogP contribution in [0.2, 0.25) is 0 Å². The quantitative estimate of drug-likeness (QED) is 0.723. The highest BCUT2D eigenvalue weighted by Gasteiger charge is 2.27. The van der Waals surface area contributed by atoms with Gasteiger partial charge in [-0.2, -0.15) is 0 Å². The summed E-state index contributed by atoms with van der Waals surface area (Å²) in [4.78, 5) is 26.8. The fourth-order valence-corrected chi connectivity index (χ4v) is 3.54. The number of ketones is 1. The second-order valence-electron chi connectivity index (χ2n) is 7.00. The van der Waals surface area contributed by atoms with Gasteiger partial charge in [-0.3, -0.25) is 9.59 Å². The molecule has 0 saturated carbocycles. The molecule has 29 heavy (non-hydrogen) atoms. The zero-order valence-electron chi connectivity index (χ0n) is 15.9. The highest BCUT2D eigenvalue weighted by molar-refractivity contribution is 5.98. The van der Waals surface area contributed by atoms with Crippen molar-refractivity contribution in [1.29, 1.82) is 0 Å². The molecule has 0 N–H and O–H groups in total. The van der Waals surface area contributed by atoms with Crippen molar-refractivity contribution in [3.05, 3.63) is 59.4 Å². The standard InChI is InChI=1S/C22H22FNO5/c23-17-4-2-1-3-16(17)21-14-24(9-10-27-21)22(26)8-6-18(25)15-5-7-19-20(13-15)29-12-11-28-19/h1-5,7,13,21H,6,8-12,14H2. The largest absolute Gasteiger partial charge is 0.486 e. The molecule has 1 saturated heterocycles. The zero-order valence-corrected chi connectivity index (χ0v) is 15.9. The molecule has 4 rings (SSSR count). The molecule has 0 spiro atoms. The van der Waals surface area contributed by atoms with Gasteiger partial charge in [0.05, 0.1) is 13.2 Å². The third kappa shape index (κ3) is 4.40. The summed E-state index contributed by atoms with van der Waals surface area (Å²) >= 11 is 0. The van der Waals surface area contributed by atoms with Gasteiger partial charge in [0, 0.05) is 30.5 Å². The fraction of sp³-hybridized carbons (Fsp3) is 0.364. The molecule has 1 atom stereocenters. The number of Topliss-reactive ketones (excluding diaryl/α,β-unsaturated/α-hetero) is 1. The molecule has 6 nitrogen and oxygen atoms in total. The van der Waals surface area contributed by atoms with Gasteiger partial charge < -0.3 is 19.1 Å². The minimum absolute atomic E-state index is 0.0945. The van der Waals surface area contributed by atoms with E-state index in [0.29, 0.717) is 49.0 Å². The Bertz CT molecular complexity index is 916. The van der Waals surface area contributed by atoms with Crippen molar-refractivity contribution in [2.24, 2.45) is 0 Å². The number of hydrogen-bond donors (Lipinski definition) is 0. The molecule has 2 aliphatic rings. The van der Waals surface area contributed by atoms with Crippen molar-refractivity contribution < 1.29 is 28.2 Å². The number of nitrogens with zero attached hydrogens (tertiary/aromatic N) is 1. The number of benzene rings is 2. The molecule has 1 unspecified atom stereocenters. The molecule has 0 bridgehead atoms. The molecular formula is C22H22FNO5. The second-order valence-corrected chi connectivity index (χ2v) is 7.00. The predicted octanol–water partition coefficient (Wildman–Crippen LogP) is 3.16. The van der Waals surface area contributed by atoms with Crippen LogP contribution in [0.4, 0.5) is 4.39 Å². The molecule has 1 fully saturated rings. The van der Waals surface area contributed by atoms with Crippen molar-refractivity contribution in [2.75, 3.05) is 32.9 Å². The van der Waals surface area contributed by atoms with Crippen LogP contribution in [-0.2, 0) is 9.53 Å². The molecule has 2 aromatic carbocycles. The summed E-state index contributed by atoms with van der Waals surface area (Å²) in [6.45, 7) is 1.98. The molecule has 152 valence electrons. The Morgan fingerprint density at radius 1 is 1.00 bits per heavy atom. The Kier molecular flexibility index (Phi) is 5.76. The van der Waals surface area contributed by atoms with Crippen molar-refractivity contribution in [3.63, 3.8) is 0 Å². The Morgan fingerprint density at radius 3 is 2.62 bits per heavy atom. The van der Waals surface area contributed by atoms with E-state index in [0.717, 1.165) is 0 Å². The van der Waals surface area contributed by atoms with Crippen LogP contribution in [0.5, 0.6) is 11.5 Å². The van der Waals surface area contributed by atoms with Gasteiger partial charge in [-0.05, 0) is 24.3 Å². The summed E-state index contributed by atoms with van der Waals surface area (Å²) in [5, 5.41) is 0. The van der Waals surface area contributed by atoms with E-state index in [1.807, 2.05) is 0 Å². The number of carbonyl (C=O) groups excluding carboxylic acids is 2. The van der Waals surface area contributed by atoms with E-state index in [1.54, 1.807) is 41.3 Å². The second kappa shape index (κ2) is 8.61. The molecule has 2 heterocycles. The van der Waals surface area contributed by atoms with E-state index in [4.69, 9.17) is 14.2 Å². The maximum atomic E-state index is 14.0. The molecule has 2 aliphatic heterocycles. The van der Waals surface area contributed by atoms with Crippen molar-refractivity contribution >= 4 is 11.7 Å². The first-order valence-corrected chi connectivity index (χ1v) is 9.68. The number of hydrogen-bond acceptors (Lipinski definition) is 5. The van der Waals surface area contributed by atoms with Crippen LogP contribution in [0.1, 0.15) is 34.9 Å². The normalized spacial score (nSPS) is 18.4. The molecule has 1 amide bonds. The summed E-state index contributed by atoms with van der Waals surface area (Å²) in [6, 6.07) is 11.5. The Hall–Kier alpha value is -2.93. The lowest BCUT2D eigenvalue weighted by molar-refractivity contribution is -0.139. The van der Waals surface area contributed by atoms with Gasteiger partial charge in [0.15, 0.2) is 17.3 Å². The van der Waals surface area contributed by atoms with Crippen LogP contribution in [0, 0.1) is 5.82 Å². The summed E-state index contributed by atoms with van der Waals surface area (Å²) in [5.74, 6) is 0.557. The Balaban J connectivity index is 1.34. The highest BCUT2D eigenvalue weighted by Crippen LogP contribution is 2.31. The van der Waals surface area contributed by atoms with E-state index >= 15 is 0 Å². The maximum absolute atomic E-state index is 14.0. The number of halogens is 1. The van der Waals surface area contributed by atoms with Gasteiger partial charge in [0.2, 0.25) is 5.91 Å². The topological polar surface area (TPSA) is 65.1 Å². The first-order chi connectivity index (χ1) is 14.1. The minimum atomic E-state index is -0.498. The maximum Gasteiger partial charge on any atom is 0.223 e. The SMILES string of the molecule is O=C(CCC(=O)N1CCOC(c2ccccc2F)C1)c1ccc2c(c1)OCCO2. The van der Waals surface area contributed by atoms with Gasteiger partial charge in [0.25, 0.3) is 0 Å². The lowest BCUT2D eigenvalue weighted by atomic mass is 10.0. The van der Waals surface area contributed by atoms with E-state index in [2.05, 4.69) is 0 Å². The average molecular weight is 399 g/mol. The molecule has 0 aromatic heterocycles. The van der Waals surface area contributed by atoms with Crippen LogP contribution in [-0.4, -0.2) is 49.5 Å². The smallest absolute Gasteiger partial charge is 0.223 e. The lowest BCUT2D eigenvalue weighted by Crippen LogP contribution is -2.42. The highest BCUT2D eigenvalue weighted by atomic mass is 19.1. The molecule has 0 aliphatic carbocycles. The lowest BCUT2D eigenvalue weighted by Gasteiger charge is -2.33. The number of carbonyl (C=O) groups is 2. The third-order valence-corrected chi connectivity index (χ3v) is 5.10. The van der Waals surface area contributed by atoms with Gasteiger partial charge in [-0.1, -0.05) is 18.2 Å². The van der Waals surface area contributed by atoms with Crippen LogP contribution >= 0.6 is 0 Å². The van der Waals surface area contributed by atoms with E-state index in [-0.39, 0.29) is 36.9 Å². The van der Waals surface area contributed by atoms with Crippen molar-refractivity contribution in [3.8, 4) is 11.5 Å². The fourth-order valence-electron chi connectivity index (χ4n) is 3.54. The molecule has 0 radical (unpaired) electrons. The van der Waals surface area contributed by atoms with Crippen LogP contribution in [0.15, 0.2) is 42.5 Å². The number of fused-ring (bicyclic) bond motifs is 1. The summed E-state index contributed by atoms with van der Waals surface area (Å²) in [7, 11) is 0. The molecular weight excluding hydrogens is 377 g/mol. The number of rotatable bonds is 5. The summed E-state index contributed by atoms with van der Waals surface area (Å²) in [6.07, 6.45) is -0.306. The van der Waals surface area contributed by atoms with Gasteiger partial charge in [0.1, 0.15) is 25.1 Å². The number of amides is 1. The van der Waals surface area contributed by atoms with Gasteiger partial charge in [-0.25, -0.2) is 4.39 Å². The van der Waals surface area contributed by atoms with E-state index in [1.165, 1.54) is 6.07 Å². The van der Waals surface area contributed by atoms with Crippen LogP contribution in [0.25, 0.3) is 0 Å². The molecule has 2 aromatic rings. The molecule has 7 heteroatoms. The zero-order chi connectivity index (χ0) is 20.2. The van der Waals surface area contributed by atoms with Gasteiger partial charge in [-0.15, -0.1) is 0 Å². The first-order valence-electron chi connectivity index (χ1n) is 9.68. The van der Waals surface area contributed by atoms with Crippen LogP contribution < -0.4 is 9.47 Å². The Labute approximate surface area is 168 Å². The van der Waals surface area contributed by atoms with E-state index < -0.39 is 6.10 Å². The van der Waals surface area contributed by atoms with Gasteiger partial charge >= 0.3 is 0 Å². The summed E-state index contributed by atoms with van der Waals surface area (Å²) < 4.78 is 30.6. The first kappa shape index (κ1) is 19.4. The third-order valence-electron chi connectivity index (χ3n) is 5.10.